The summed E-state index contributed by atoms with van der Waals surface area (Å²) in [5.41, 5.74) is 2.09. The van der Waals surface area contributed by atoms with Gasteiger partial charge in [0.05, 0.1) is 14.2 Å². The van der Waals surface area contributed by atoms with Gasteiger partial charge in [0.1, 0.15) is 11.8 Å². The molecule has 1 amide bonds. The summed E-state index contributed by atoms with van der Waals surface area (Å²) in [6.45, 7) is 14.4. The first-order chi connectivity index (χ1) is 22.5. The molecule has 1 saturated heterocycles. The van der Waals surface area contributed by atoms with E-state index in [4.69, 9.17) is 13.9 Å². The Morgan fingerprint density at radius 2 is 1.55 bits per heavy atom. The molecule has 3 atom stereocenters. The Hall–Kier alpha value is -3.68. The smallest absolute Gasteiger partial charge is 0.328 e. The number of amides is 1. The highest BCUT2D eigenvalue weighted by Crippen LogP contribution is 2.38. The van der Waals surface area contributed by atoms with E-state index < -0.39 is 14.4 Å². The molecule has 0 radical (unpaired) electrons. The zero-order chi connectivity index (χ0) is 34.0. The predicted octanol–water partition coefficient (Wildman–Crippen LogP) is 6.96. The summed E-state index contributed by atoms with van der Waals surface area (Å²) in [6, 6.07) is 28.9. The molecule has 1 heterocycles. The minimum absolute atomic E-state index is 0.0155. The third-order valence-corrected chi connectivity index (χ3v) is 14.8. The summed E-state index contributed by atoms with van der Waals surface area (Å²) in [6.07, 6.45) is 4.32. The van der Waals surface area contributed by atoms with Crippen LogP contribution in [0.25, 0.3) is 0 Å². The van der Waals surface area contributed by atoms with E-state index in [1.54, 1.807) is 12.0 Å². The van der Waals surface area contributed by atoms with Gasteiger partial charge in [-0.3, -0.25) is 4.79 Å². The quantitative estimate of drug-likeness (QED) is 0.0767. The van der Waals surface area contributed by atoms with Gasteiger partial charge in [-0.05, 0) is 84.5 Å². The third kappa shape index (κ3) is 8.43. The molecule has 0 aromatic heterocycles. The van der Waals surface area contributed by atoms with E-state index in [1.165, 1.54) is 17.5 Å². The second-order valence-corrected chi connectivity index (χ2v) is 18.1. The Bertz CT molecular complexity index is 1430. The molecule has 4 rings (SSSR count). The van der Waals surface area contributed by atoms with Crippen LogP contribution in [0.1, 0.15) is 65.4 Å². The second kappa shape index (κ2) is 16.4. The molecule has 1 fully saturated rings. The van der Waals surface area contributed by atoms with Crippen molar-refractivity contribution in [3.05, 3.63) is 103 Å². The monoisotopic (exact) mass is 655 g/mol. The number of hydrogen-bond donors (Lipinski definition) is 0. The molecule has 0 spiro atoms. The summed E-state index contributed by atoms with van der Waals surface area (Å²) in [5.74, 6) is 0.0915. The Balaban J connectivity index is 1.59. The summed E-state index contributed by atoms with van der Waals surface area (Å²) in [4.78, 5) is 28.8. The van der Waals surface area contributed by atoms with Crippen molar-refractivity contribution in [2.24, 2.45) is 11.8 Å². The van der Waals surface area contributed by atoms with Gasteiger partial charge in [0.2, 0.25) is 5.91 Å². The molecule has 252 valence electrons. The average molecular weight is 656 g/mol. The number of esters is 1. The first kappa shape index (κ1) is 36.2. The van der Waals surface area contributed by atoms with Crippen LogP contribution in [-0.4, -0.2) is 58.5 Å². The largest absolute Gasteiger partial charge is 0.497 e. The normalized spacial score (nSPS) is 16.4. The number of carbonyl (C=O) groups is 2. The molecule has 0 bridgehead atoms. The fourth-order valence-electron chi connectivity index (χ4n) is 7.35. The molecular weight excluding hydrogens is 603 g/mol. The van der Waals surface area contributed by atoms with Gasteiger partial charge >= 0.3 is 5.97 Å². The highest BCUT2D eigenvalue weighted by atomic mass is 28.4. The van der Waals surface area contributed by atoms with Crippen LogP contribution in [0, 0.1) is 11.8 Å². The number of aryl methyl sites for hydroxylation is 1. The molecule has 1 aliphatic heterocycles. The summed E-state index contributed by atoms with van der Waals surface area (Å²) >= 11 is 0. The van der Waals surface area contributed by atoms with Crippen molar-refractivity contribution in [3.8, 4) is 5.75 Å². The lowest BCUT2D eigenvalue weighted by molar-refractivity contribution is -0.153. The first-order valence-electron chi connectivity index (χ1n) is 16.9. The van der Waals surface area contributed by atoms with E-state index >= 15 is 0 Å². The lowest BCUT2D eigenvalue weighted by Gasteiger charge is -2.43. The number of hydrogen-bond acceptors (Lipinski definition) is 5. The number of allylic oxidation sites excluding steroid dienone is 1. The number of likely N-dealkylation sites (tertiary alicyclic amines) is 1. The van der Waals surface area contributed by atoms with Crippen LogP contribution < -0.4 is 15.1 Å². The molecule has 3 aromatic rings. The number of carbonyl (C=O) groups excluding carboxylic acids is 2. The summed E-state index contributed by atoms with van der Waals surface area (Å²) < 4.78 is 17.7. The molecule has 3 aromatic carbocycles. The van der Waals surface area contributed by atoms with Gasteiger partial charge in [-0.25, -0.2) is 4.79 Å². The lowest BCUT2D eigenvalue weighted by Crippen LogP contribution is -2.66. The molecule has 0 aliphatic carbocycles. The number of rotatable bonds is 15. The molecule has 7 heteroatoms. The van der Waals surface area contributed by atoms with Crippen molar-refractivity contribution in [2.45, 2.75) is 77.3 Å². The van der Waals surface area contributed by atoms with Crippen LogP contribution in [0.3, 0.4) is 0 Å². The molecule has 0 unspecified atom stereocenters. The molecular formula is C40H53NO5Si. The van der Waals surface area contributed by atoms with Crippen molar-refractivity contribution in [1.82, 2.24) is 4.90 Å². The maximum atomic E-state index is 14.4. The van der Waals surface area contributed by atoms with Gasteiger partial charge in [-0.15, -0.1) is 0 Å². The fraction of sp³-hybridized carbons (Fsp3) is 0.450. The van der Waals surface area contributed by atoms with E-state index in [0.29, 0.717) is 32.4 Å². The number of nitrogens with zero attached hydrogens (tertiary/aromatic N) is 1. The van der Waals surface area contributed by atoms with E-state index in [-0.39, 0.29) is 28.8 Å². The van der Waals surface area contributed by atoms with Crippen LogP contribution in [0.5, 0.6) is 5.75 Å². The van der Waals surface area contributed by atoms with Crippen molar-refractivity contribution in [3.63, 3.8) is 0 Å². The Morgan fingerprint density at radius 3 is 2.11 bits per heavy atom. The van der Waals surface area contributed by atoms with Crippen LogP contribution in [0.2, 0.25) is 5.04 Å². The Morgan fingerprint density at radius 1 is 0.915 bits per heavy atom. The molecule has 6 nitrogen and oxygen atoms in total. The van der Waals surface area contributed by atoms with E-state index in [9.17, 15) is 9.59 Å². The zero-order valence-electron chi connectivity index (χ0n) is 29.2. The molecule has 47 heavy (non-hydrogen) atoms. The molecule has 0 N–H and O–H groups in total. The van der Waals surface area contributed by atoms with Crippen molar-refractivity contribution in [1.29, 1.82) is 0 Å². The van der Waals surface area contributed by atoms with Crippen LogP contribution >= 0.6 is 0 Å². The van der Waals surface area contributed by atoms with Gasteiger partial charge in [0.25, 0.3) is 8.32 Å². The Kier molecular flexibility index (Phi) is 12.6. The van der Waals surface area contributed by atoms with E-state index in [0.717, 1.165) is 36.1 Å². The molecule has 1 aliphatic rings. The maximum Gasteiger partial charge on any atom is 0.328 e. The fourth-order valence-corrected chi connectivity index (χ4v) is 12.0. The minimum Gasteiger partial charge on any atom is -0.497 e. The molecule has 0 saturated carbocycles. The predicted molar refractivity (Wildman–Crippen MR) is 193 cm³/mol. The average Bonchev–Trinajstić information content (AvgIpc) is 3.57. The van der Waals surface area contributed by atoms with Crippen LogP contribution in [0.4, 0.5) is 0 Å². The van der Waals surface area contributed by atoms with Crippen LogP contribution in [0.15, 0.2) is 97.1 Å². The van der Waals surface area contributed by atoms with Crippen molar-refractivity contribution < 1.29 is 23.5 Å². The van der Waals surface area contributed by atoms with Gasteiger partial charge in [-0.2, -0.15) is 0 Å². The van der Waals surface area contributed by atoms with Gasteiger partial charge in [-0.1, -0.05) is 106 Å². The zero-order valence-corrected chi connectivity index (χ0v) is 30.2. The van der Waals surface area contributed by atoms with Gasteiger partial charge < -0.3 is 18.8 Å². The highest BCUT2D eigenvalue weighted by Gasteiger charge is 2.50. The van der Waals surface area contributed by atoms with Crippen LogP contribution in [-0.2, 0) is 25.2 Å². The minimum atomic E-state index is -2.67. The van der Waals surface area contributed by atoms with E-state index in [2.05, 4.69) is 94.1 Å². The number of ether oxygens (including phenoxy) is 2. The number of benzene rings is 3. The topological polar surface area (TPSA) is 65.1 Å². The van der Waals surface area contributed by atoms with Gasteiger partial charge in [0.15, 0.2) is 0 Å². The Labute approximate surface area is 283 Å². The first-order valence-corrected chi connectivity index (χ1v) is 18.9. The van der Waals surface area contributed by atoms with Crippen molar-refractivity contribution in [2.75, 3.05) is 27.4 Å². The van der Waals surface area contributed by atoms with Crippen molar-refractivity contribution >= 4 is 30.6 Å². The lowest BCUT2D eigenvalue weighted by atomic mass is 9.79. The number of methoxy groups -OCH3 is 2. The maximum absolute atomic E-state index is 14.4. The second-order valence-electron chi connectivity index (χ2n) is 13.8. The summed E-state index contributed by atoms with van der Waals surface area (Å²) in [7, 11) is 0.385. The highest BCUT2D eigenvalue weighted by molar-refractivity contribution is 6.99. The van der Waals surface area contributed by atoms with Gasteiger partial charge in [0, 0.05) is 19.1 Å². The third-order valence-electron chi connectivity index (χ3n) is 9.72. The summed E-state index contributed by atoms with van der Waals surface area (Å²) in [5, 5.41) is 2.39. The SMILES string of the molecule is C=C(C)[C@@H](CCCO[Si](c1ccccc1)(c1ccccc1)C(C)(C)C)[C@H](CCc1cccc(OC)c1)C(=O)N1CCC[C@H]1C(=O)OC. The van der Waals surface area contributed by atoms with E-state index in [1.807, 2.05) is 25.1 Å². The standard InChI is InChI=1S/C40H53NO5Si/c1-30(2)35(23-16-28-46-47(40(3,4)5,33-19-10-8-11-20-33)34-21-12-9-13-22-34)36(26-25-31-17-14-18-32(29-31)44-6)38(42)41-27-15-24-37(41)39(43)45-7/h8-14,17-22,29,35-37H,1,15-16,23-28H2,2-7H3/t35-,36+,37+/m1/s1.